The highest BCUT2D eigenvalue weighted by atomic mass is 35.5. The van der Waals surface area contributed by atoms with Gasteiger partial charge < -0.3 is 14.8 Å². The van der Waals surface area contributed by atoms with E-state index >= 15 is 0 Å². The lowest BCUT2D eigenvalue weighted by molar-refractivity contribution is 0.0939. The predicted molar refractivity (Wildman–Crippen MR) is 124 cm³/mol. The Balaban J connectivity index is 1.86. The number of benzene rings is 2. The first-order valence-corrected chi connectivity index (χ1v) is 12.4. The minimum absolute atomic E-state index is 0.0700. The maximum absolute atomic E-state index is 13.1. The molecule has 2 aromatic rings. The van der Waals surface area contributed by atoms with E-state index in [4.69, 9.17) is 21.1 Å². The first-order valence-electron chi connectivity index (χ1n) is 10.6. The van der Waals surface area contributed by atoms with Crippen molar-refractivity contribution in [1.82, 2.24) is 9.62 Å². The number of carbonyl (C=O) groups is 1. The van der Waals surface area contributed by atoms with Gasteiger partial charge in [0.1, 0.15) is 11.5 Å². The van der Waals surface area contributed by atoms with Gasteiger partial charge in [0.25, 0.3) is 5.91 Å². The molecule has 7 nitrogen and oxygen atoms in total. The summed E-state index contributed by atoms with van der Waals surface area (Å²) in [5.74, 6) is 0.757. The lowest BCUT2D eigenvalue weighted by atomic mass is 10.1. The van der Waals surface area contributed by atoms with E-state index in [0.717, 1.165) is 31.2 Å². The van der Waals surface area contributed by atoms with Crippen molar-refractivity contribution >= 4 is 27.5 Å². The van der Waals surface area contributed by atoms with Crippen LogP contribution in [-0.4, -0.2) is 45.9 Å². The molecule has 1 N–H and O–H groups in total. The summed E-state index contributed by atoms with van der Waals surface area (Å²) in [4.78, 5) is 13.1. The van der Waals surface area contributed by atoms with Crippen molar-refractivity contribution < 1.29 is 22.7 Å². The number of hydrogen-bond acceptors (Lipinski definition) is 5. The van der Waals surface area contributed by atoms with Crippen molar-refractivity contribution in [2.45, 2.75) is 43.5 Å². The van der Waals surface area contributed by atoms with Crippen molar-refractivity contribution in [3.05, 3.63) is 52.5 Å². The van der Waals surface area contributed by atoms with Gasteiger partial charge >= 0.3 is 0 Å². The van der Waals surface area contributed by atoms with Crippen molar-refractivity contribution in [1.29, 1.82) is 0 Å². The van der Waals surface area contributed by atoms with Crippen LogP contribution in [0.15, 0.2) is 41.3 Å². The molecule has 9 heteroatoms. The molecule has 0 unspecified atom stereocenters. The maximum atomic E-state index is 13.1. The number of nitrogens with one attached hydrogen (secondary N) is 1. The molecule has 1 saturated heterocycles. The second kappa shape index (κ2) is 10.6. The van der Waals surface area contributed by atoms with E-state index in [1.54, 1.807) is 39.3 Å². The third-order valence-electron chi connectivity index (χ3n) is 5.64. The van der Waals surface area contributed by atoms with Crippen LogP contribution in [0.5, 0.6) is 11.5 Å². The minimum atomic E-state index is -3.70. The summed E-state index contributed by atoms with van der Waals surface area (Å²) < 4.78 is 38.5. The highest BCUT2D eigenvalue weighted by Crippen LogP contribution is 2.30. The summed E-state index contributed by atoms with van der Waals surface area (Å²) in [5, 5.41) is 3.06. The molecular formula is C23H29ClN2O5S. The number of nitrogens with zero attached hydrogens (tertiary/aromatic N) is 1. The fourth-order valence-corrected chi connectivity index (χ4v) is 5.55. The molecule has 1 fully saturated rings. The summed E-state index contributed by atoms with van der Waals surface area (Å²) >= 11 is 6.27. The molecule has 1 heterocycles. The number of carbonyl (C=O) groups excluding carboxylic acids is 1. The van der Waals surface area contributed by atoms with E-state index in [2.05, 4.69) is 5.32 Å². The average molecular weight is 481 g/mol. The van der Waals surface area contributed by atoms with Crippen LogP contribution in [0.1, 0.15) is 54.6 Å². The number of hydrogen-bond donors (Lipinski definition) is 1. The van der Waals surface area contributed by atoms with E-state index in [-0.39, 0.29) is 15.5 Å². The monoisotopic (exact) mass is 480 g/mol. The summed E-state index contributed by atoms with van der Waals surface area (Å²) in [6.07, 6.45) is 3.71. The van der Waals surface area contributed by atoms with E-state index in [0.29, 0.717) is 24.6 Å². The van der Waals surface area contributed by atoms with Crippen molar-refractivity contribution in [3.63, 3.8) is 0 Å². The number of ether oxygens (including phenoxy) is 2. The molecule has 3 rings (SSSR count). The molecule has 1 amide bonds. The number of methoxy groups -OCH3 is 2. The van der Waals surface area contributed by atoms with E-state index in [1.165, 1.54) is 22.5 Å². The highest BCUT2D eigenvalue weighted by molar-refractivity contribution is 7.89. The van der Waals surface area contributed by atoms with Crippen molar-refractivity contribution in [2.24, 2.45) is 0 Å². The smallest absolute Gasteiger partial charge is 0.253 e. The van der Waals surface area contributed by atoms with E-state index in [9.17, 15) is 13.2 Å². The molecule has 0 bridgehead atoms. The van der Waals surface area contributed by atoms with E-state index < -0.39 is 22.0 Å². The summed E-state index contributed by atoms with van der Waals surface area (Å²) in [6, 6.07) is 9.14. The highest BCUT2D eigenvalue weighted by Gasteiger charge is 2.27. The van der Waals surface area contributed by atoms with Gasteiger partial charge in [-0.1, -0.05) is 24.4 Å². The Morgan fingerprint density at radius 1 is 1.03 bits per heavy atom. The van der Waals surface area contributed by atoms with Crippen molar-refractivity contribution in [2.75, 3.05) is 27.3 Å². The van der Waals surface area contributed by atoms with Crippen LogP contribution in [0.2, 0.25) is 5.02 Å². The Kier molecular flexibility index (Phi) is 8.03. The normalized spacial score (nSPS) is 16.1. The number of halogens is 1. The molecule has 0 radical (unpaired) electrons. The molecule has 1 atom stereocenters. The van der Waals surface area contributed by atoms with Crippen LogP contribution in [0.3, 0.4) is 0 Å². The van der Waals surface area contributed by atoms with Crippen LogP contribution < -0.4 is 14.8 Å². The van der Waals surface area contributed by atoms with Gasteiger partial charge in [-0.2, -0.15) is 4.31 Å². The molecule has 0 spiro atoms. The molecule has 2 aromatic carbocycles. The summed E-state index contributed by atoms with van der Waals surface area (Å²) in [5.41, 5.74) is 0.834. The molecular weight excluding hydrogens is 452 g/mol. The first kappa shape index (κ1) is 24.4. The van der Waals surface area contributed by atoms with E-state index in [1.807, 2.05) is 0 Å². The van der Waals surface area contributed by atoms with Gasteiger partial charge in [0.2, 0.25) is 10.0 Å². The summed E-state index contributed by atoms with van der Waals surface area (Å²) in [6.45, 7) is 2.78. The third kappa shape index (κ3) is 5.36. The van der Waals surface area contributed by atoms with Gasteiger partial charge in [0.15, 0.2) is 0 Å². The Morgan fingerprint density at radius 3 is 2.34 bits per heavy atom. The lowest BCUT2D eigenvalue weighted by Gasteiger charge is -2.21. The first-order chi connectivity index (χ1) is 15.3. The van der Waals surface area contributed by atoms with Crippen molar-refractivity contribution in [3.8, 4) is 11.5 Å². The van der Waals surface area contributed by atoms with Gasteiger partial charge in [-0.05, 0) is 56.2 Å². The Labute approximate surface area is 194 Å². The lowest BCUT2D eigenvalue weighted by Crippen LogP contribution is -2.32. The topological polar surface area (TPSA) is 84.9 Å². The third-order valence-corrected chi connectivity index (χ3v) is 7.86. The SMILES string of the molecule is COc1ccc(OC)c([C@H](C)NC(=O)c2cc(S(=O)(=O)N3CCCCCC3)ccc2Cl)c1. The summed E-state index contributed by atoms with van der Waals surface area (Å²) in [7, 11) is -0.590. The van der Waals surface area contributed by atoms with Gasteiger partial charge in [-0.25, -0.2) is 8.42 Å². The standard InChI is InChI=1S/C23H29ClN2O5S/c1-16(19-14-17(30-2)8-11-22(19)31-3)25-23(27)20-15-18(9-10-21(20)24)32(28,29)26-12-6-4-5-7-13-26/h8-11,14-16H,4-7,12-13H2,1-3H3,(H,25,27)/t16-/m0/s1. The molecule has 0 saturated carbocycles. The van der Waals surface area contributed by atoms with Crippen LogP contribution in [0.4, 0.5) is 0 Å². The number of amides is 1. The van der Waals surface area contributed by atoms with Crippen LogP contribution in [-0.2, 0) is 10.0 Å². The van der Waals surface area contributed by atoms with Crippen LogP contribution in [0.25, 0.3) is 0 Å². The van der Waals surface area contributed by atoms with Gasteiger partial charge in [0, 0.05) is 18.7 Å². The quantitative estimate of drug-likeness (QED) is 0.634. The molecule has 174 valence electrons. The Hall–Kier alpha value is -2.29. The zero-order valence-electron chi connectivity index (χ0n) is 18.6. The molecule has 32 heavy (non-hydrogen) atoms. The minimum Gasteiger partial charge on any atom is -0.497 e. The fraction of sp³-hybridized carbons (Fsp3) is 0.435. The van der Waals surface area contributed by atoms with Gasteiger partial charge in [0.05, 0.1) is 35.7 Å². The molecule has 1 aliphatic rings. The largest absolute Gasteiger partial charge is 0.497 e. The van der Waals surface area contributed by atoms with Gasteiger partial charge in [-0.15, -0.1) is 0 Å². The maximum Gasteiger partial charge on any atom is 0.253 e. The predicted octanol–water partition coefficient (Wildman–Crippen LogP) is 4.41. The second-order valence-corrected chi connectivity index (χ2v) is 10.1. The molecule has 1 aliphatic heterocycles. The van der Waals surface area contributed by atoms with Gasteiger partial charge in [-0.3, -0.25) is 4.79 Å². The average Bonchev–Trinajstić information content (AvgIpc) is 3.09. The zero-order valence-corrected chi connectivity index (χ0v) is 20.1. The number of rotatable bonds is 7. The fourth-order valence-electron chi connectivity index (χ4n) is 3.80. The second-order valence-electron chi connectivity index (χ2n) is 7.76. The Morgan fingerprint density at radius 2 is 1.72 bits per heavy atom. The number of sulfonamides is 1. The van der Waals surface area contributed by atoms with Crippen LogP contribution in [0, 0.1) is 0 Å². The molecule has 0 aromatic heterocycles. The Bertz CT molecular complexity index is 1070. The molecule has 0 aliphatic carbocycles. The van der Waals surface area contributed by atoms with Crippen LogP contribution >= 0.6 is 11.6 Å². The zero-order chi connectivity index (χ0) is 23.3.